The number of nitrogens with zero attached hydrogens (tertiary/aromatic N) is 2. The van der Waals surface area contributed by atoms with Crippen LogP contribution in [-0.2, 0) is 18.0 Å². The number of para-hydroxylation sites is 1. The molecule has 140 valence electrons. The van der Waals surface area contributed by atoms with Gasteiger partial charge in [-0.15, -0.1) is 11.3 Å². The van der Waals surface area contributed by atoms with Crippen LogP contribution in [0.2, 0.25) is 0 Å². The van der Waals surface area contributed by atoms with Crippen molar-refractivity contribution in [1.82, 2.24) is 9.38 Å². The van der Waals surface area contributed by atoms with Crippen LogP contribution in [-0.4, -0.2) is 15.4 Å². The van der Waals surface area contributed by atoms with Crippen molar-refractivity contribution in [3.63, 3.8) is 0 Å². The van der Waals surface area contributed by atoms with Crippen LogP contribution < -0.4 is 10.3 Å². The molecule has 0 amide bonds. The van der Waals surface area contributed by atoms with E-state index in [2.05, 4.69) is 4.98 Å². The van der Waals surface area contributed by atoms with Crippen molar-refractivity contribution in [1.29, 1.82) is 0 Å². The summed E-state index contributed by atoms with van der Waals surface area (Å²) in [5.41, 5.74) is 1.60. The minimum atomic E-state index is -0.469. The van der Waals surface area contributed by atoms with Crippen molar-refractivity contribution < 1.29 is 14.3 Å². The van der Waals surface area contributed by atoms with Crippen LogP contribution in [0.5, 0.6) is 5.75 Å². The third kappa shape index (κ3) is 4.10. The molecule has 0 unspecified atom stereocenters. The van der Waals surface area contributed by atoms with Gasteiger partial charge in [-0.05, 0) is 29.8 Å². The van der Waals surface area contributed by atoms with E-state index in [1.54, 1.807) is 23.7 Å². The second kappa shape index (κ2) is 8.06. The van der Waals surface area contributed by atoms with Gasteiger partial charge in [0.25, 0.3) is 5.56 Å². The lowest BCUT2D eigenvalue weighted by molar-refractivity contribution is 0.0467. The quantitative estimate of drug-likeness (QED) is 0.468. The zero-order valence-corrected chi connectivity index (χ0v) is 15.6. The maximum Gasteiger partial charge on any atom is 0.338 e. The molecule has 0 saturated carbocycles. The Balaban J connectivity index is 1.35. The van der Waals surface area contributed by atoms with E-state index in [0.717, 1.165) is 11.3 Å². The molecule has 2 heterocycles. The Labute approximate surface area is 164 Å². The average Bonchev–Trinajstić information content (AvgIpc) is 3.21. The Morgan fingerprint density at radius 1 is 1.04 bits per heavy atom. The molecule has 7 heteroatoms. The van der Waals surface area contributed by atoms with E-state index < -0.39 is 5.97 Å². The van der Waals surface area contributed by atoms with Gasteiger partial charge in [0.2, 0.25) is 0 Å². The normalized spacial score (nSPS) is 10.7. The molecular formula is C21H16N2O4S. The predicted molar refractivity (Wildman–Crippen MR) is 106 cm³/mol. The number of ether oxygens (including phenoxy) is 2. The molecule has 0 fully saturated rings. The topological polar surface area (TPSA) is 69.9 Å². The second-order valence-corrected chi connectivity index (χ2v) is 6.89. The highest BCUT2D eigenvalue weighted by atomic mass is 32.1. The minimum absolute atomic E-state index is 0.0542. The number of thiazole rings is 1. The van der Waals surface area contributed by atoms with E-state index in [1.807, 2.05) is 42.5 Å². The van der Waals surface area contributed by atoms with Crippen LogP contribution in [0.1, 0.15) is 21.6 Å². The van der Waals surface area contributed by atoms with E-state index in [0.29, 0.717) is 22.8 Å². The summed E-state index contributed by atoms with van der Waals surface area (Å²) < 4.78 is 12.4. The first-order valence-corrected chi connectivity index (χ1v) is 9.47. The smallest absolute Gasteiger partial charge is 0.338 e. The SMILES string of the molecule is O=C(OCc1cc(=O)n2ccsc2n1)c1ccc(COc2ccccc2)cc1. The van der Waals surface area contributed by atoms with Gasteiger partial charge in [0.05, 0.1) is 11.3 Å². The van der Waals surface area contributed by atoms with Crippen molar-refractivity contribution in [2.24, 2.45) is 0 Å². The Bertz CT molecular complexity index is 1150. The fourth-order valence-electron chi connectivity index (χ4n) is 2.61. The van der Waals surface area contributed by atoms with Gasteiger partial charge in [-0.2, -0.15) is 0 Å². The van der Waals surface area contributed by atoms with E-state index in [4.69, 9.17) is 9.47 Å². The fourth-order valence-corrected chi connectivity index (χ4v) is 3.34. The summed E-state index contributed by atoms with van der Waals surface area (Å²) >= 11 is 1.35. The monoisotopic (exact) mass is 392 g/mol. The highest BCUT2D eigenvalue weighted by Crippen LogP contribution is 2.13. The summed E-state index contributed by atoms with van der Waals surface area (Å²) in [6, 6.07) is 17.9. The summed E-state index contributed by atoms with van der Waals surface area (Å²) in [4.78, 5) is 29.1. The van der Waals surface area contributed by atoms with Crippen molar-refractivity contribution in [2.45, 2.75) is 13.2 Å². The summed E-state index contributed by atoms with van der Waals surface area (Å²) in [7, 11) is 0. The van der Waals surface area contributed by atoms with E-state index in [-0.39, 0.29) is 12.2 Å². The Morgan fingerprint density at radius 2 is 1.82 bits per heavy atom. The van der Waals surface area contributed by atoms with Crippen molar-refractivity contribution in [2.75, 3.05) is 0 Å². The molecule has 0 spiro atoms. The van der Waals surface area contributed by atoms with Gasteiger partial charge in [0.1, 0.15) is 19.0 Å². The van der Waals surface area contributed by atoms with Crippen molar-refractivity contribution in [3.05, 3.63) is 99.4 Å². The lowest BCUT2D eigenvalue weighted by atomic mass is 10.1. The Kier molecular flexibility index (Phi) is 5.16. The van der Waals surface area contributed by atoms with Crippen molar-refractivity contribution >= 4 is 22.3 Å². The molecule has 2 aromatic carbocycles. The number of benzene rings is 2. The molecule has 4 rings (SSSR count). The number of esters is 1. The first kappa shape index (κ1) is 17.9. The van der Waals surface area contributed by atoms with E-state index in [9.17, 15) is 9.59 Å². The third-order valence-corrected chi connectivity index (χ3v) is 4.80. The van der Waals surface area contributed by atoms with E-state index in [1.165, 1.54) is 21.8 Å². The molecule has 2 aromatic heterocycles. The Morgan fingerprint density at radius 3 is 2.61 bits per heavy atom. The molecule has 4 aromatic rings. The molecule has 0 bridgehead atoms. The van der Waals surface area contributed by atoms with Gasteiger partial charge in [0.15, 0.2) is 4.96 Å². The van der Waals surface area contributed by atoms with Crippen LogP contribution in [0.3, 0.4) is 0 Å². The average molecular weight is 392 g/mol. The third-order valence-electron chi connectivity index (χ3n) is 4.05. The number of hydrogen-bond donors (Lipinski definition) is 0. The van der Waals surface area contributed by atoms with Gasteiger partial charge in [0, 0.05) is 17.6 Å². The van der Waals surface area contributed by atoms with Crippen LogP contribution in [0, 0.1) is 0 Å². The number of carbonyl (C=O) groups excluding carboxylic acids is 1. The highest BCUT2D eigenvalue weighted by Gasteiger charge is 2.10. The lowest BCUT2D eigenvalue weighted by Crippen LogP contribution is -2.14. The minimum Gasteiger partial charge on any atom is -0.489 e. The lowest BCUT2D eigenvalue weighted by Gasteiger charge is -2.07. The Hall–Kier alpha value is -3.45. The molecule has 6 nitrogen and oxygen atoms in total. The number of aromatic nitrogens is 2. The molecule has 0 saturated heterocycles. The molecule has 28 heavy (non-hydrogen) atoms. The first-order valence-electron chi connectivity index (χ1n) is 8.59. The summed E-state index contributed by atoms with van der Waals surface area (Å²) in [6.07, 6.45) is 1.66. The molecule has 0 aliphatic carbocycles. The summed E-state index contributed by atoms with van der Waals surface area (Å²) in [5, 5.41) is 1.78. The van der Waals surface area contributed by atoms with Gasteiger partial charge < -0.3 is 9.47 Å². The zero-order valence-electron chi connectivity index (χ0n) is 14.8. The number of hydrogen-bond acceptors (Lipinski definition) is 6. The van der Waals surface area contributed by atoms with Crippen LogP contribution >= 0.6 is 11.3 Å². The maximum absolute atomic E-state index is 12.2. The van der Waals surface area contributed by atoms with Crippen LogP contribution in [0.25, 0.3) is 4.96 Å². The highest BCUT2D eigenvalue weighted by molar-refractivity contribution is 7.15. The predicted octanol–water partition coefficient (Wildman–Crippen LogP) is 3.69. The maximum atomic E-state index is 12.2. The molecule has 0 aliphatic heterocycles. The second-order valence-electron chi connectivity index (χ2n) is 6.02. The number of carbonyl (C=O) groups is 1. The van der Waals surface area contributed by atoms with Gasteiger partial charge in [-0.25, -0.2) is 9.78 Å². The summed E-state index contributed by atoms with van der Waals surface area (Å²) in [5.74, 6) is 0.320. The molecule has 0 radical (unpaired) electrons. The fraction of sp³-hybridized carbons (Fsp3) is 0.0952. The zero-order chi connectivity index (χ0) is 19.3. The summed E-state index contributed by atoms with van der Waals surface area (Å²) in [6.45, 7) is 0.357. The van der Waals surface area contributed by atoms with Gasteiger partial charge >= 0.3 is 5.97 Å². The van der Waals surface area contributed by atoms with Gasteiger partial charge in [-0.1, -0.05) is 30.3 Å². The molecule has 0 N–H and O–H groups in total. The number of rotatable bonds is 6. The van der Waals surface area contributed by atoms with Gasteiger partial charge in [-0.3, -0.25) is 9.20 Å². The van der Waals surface area contributed by atoms with Crippen molar-refractivity contribution in [3.8, 4) is 5.75 Å². The van der Waals surface area contributed by atoms with Crippen LogP contribution in [0.4, 0.5) is 0 Å². The largest absolute Gasteiger partial charge is 0.489 e. The molecule has 0 atom stereocenters. The molecule has 0 aliphatic rings. The van der Waals surface area contributed by atoms with E-state index >= 15 is 0 Å². The standard InChI is InChI=1S/C21H16N2O4S/c24-19-12-17(22-21-23(19)10-11-28-21)14-27-20(25)16-8-6-15(7-9-16)13-26-18-4-2-1-3-5-18/h1-12H,13-14H2. The number of fused-ring (bicyclic) bond motifs is 1. The van der Waals surface area contributed by atoms with Crippen LogP contribution in [0.15, 0.2) is 77.0 Å². The molecular weight excluding hydrogens is 376 g/mol. The first-order chi connectivity index (χ1) is 13.7.